The molecule has 0 aliphatic carbocycles. The summed E-state index contributed by atoms with van der Waals surface area (Å²) >= 11 is 0. The predicted molar refractivity (Wildman–Crippen MR) is 78.8 cm³/mol. The molecule has 2 aromatic rings. The number of ether oxygens (including phenoxy) is 1. The number of hydrogen-bond donors (Lipinski definition) is 3. The van der Waals surface area contributed by atoms with E-state index in [2.05, 4.69) is 5.32 Å². The van der Waals surface area contributed by atoms with Crippen LogP contribution in [0.2, 0.25) is 0 Å². The standard InChI is InChI=1S/C16H19NO3/c18-11-15(19)10-17-14-6-8-16(9-7-14)20-12-13-4-2-1-3-5-13/h1-9,15,17-19H,10-12H2/t15-/m1/s1. The first-order valence-electron chi connectivity index (χ1n) is 6.57. The molecule has 4 heteroatoms. The van der Waals surface area contributed by atoms with Gasteiger partial charge in [-0.15, -0.1) is 0 Å². The predicted octanol–water partition coefficient (Wildman–Crippen LogP) is 2.03. The Morgan fingerprint density at radius 1 is 1.00 bits per heavy atom. The van der Waals surface area contributed by atoms with Crippen molar-refractivity contribution in [1.29, 1.82) is 0 Å². The third-order valence-electron chi connectivity index (χ3n) is 2.86. The van der Waals surface area contributed by atoms with Gasteiger partial charge in [-0.25, -0.2) is 0 Å². The van der Waals surface area contributed by atoms with Crippen LogP contribution in [0.4, 0.5) is 5.69 Å². The molecule has 0 saturated carbocycles. The second-order valence-corrected chi connectivity index (χ2v) is 4.52. The van der Waals surface area contributed by atoms with E-state index in [9.17, 15) is 5.11 Å². The highest BCUT2D eigenvalue weighted by Crippen LogP contribution is 2.17. The number of benzene rings is 2. The monoisotopic (exact) mass is 273 g/mol. The fraction of sp³-hybridized carbons (Fsp3) is 0.250. The molecule has 0 radical (unpaired) electrons. The van der Waals surface area contributed by atoms with E-state index in [4.69, 9.17) is 9.84 Å². The van der Waals surface area contributed by atoms with Gasteiger partial charge < -0.3 is 20.3 Å². The molecule has 0 saturated heterocycles. The third-order valence-corrected chi connectivity index (χ3v) is 2.86. The summed E-state index contributed by atoms with van der Waals surface area (Å²) in [7, 11) is 0. The topological polar surface area (TPSA) is 61.7 Å². The summed E-state index contributed by atoms with van der Waals surface area (Å²) in [5.74, 6) is 0.794. The van der Waals surface area contributed by atoms with Gasteiger partial charge in [0.2, 0.25) is 0 Å². The lowest BCUT2D eigenvalue weighted by Gasteiger charge is -2.11. The van der Waals surface area contributed by atoms with Gasteiger partial charge >= 0.3 is 0 Å². The SMILES string of the molecule is OC[C@H](O)CNc1ccc(OCc2ccccc2)cc1. The van der Waals surface area contributed by atoms with Crippen molar-refractivity contribution >= 4 is 5.69 Å². The normalized spacial score (nSPS) is 11.9. The highest BCUT2D eigenvalue weighted by atomic mass is 16.5. The van der Waals surface area contributed by atoms with Gasteiger partial charge in [0.05, 0.1) is 12.7 Å². The van der Waals surface area contributed by atoms with Crippen LogP contribution in [0.1, 0.15) is 5.56 Å². The first-order chi connectivity index (χ1) is 9.78. The lowest BCUT2D eigenvalue weighted by atomic mass is 10.2. The van der Waals surface area contributed by atoms with Crippen molar-refractivity contribution < 1.29 is 14.9 Å². The van der Waals surface area contributed by atoms with Crippen molar-refractivity contribution in [1.82, 2.24) is 0 Å². The quantitative estimate of drug-likeness (QED) is 0.722. The summed E-state index contributed by atoms with van der Waals surface area (Å²) in [4.78, 5) is 0. The van der Waals surface area contributed by atoms with Gasteiger partial charge in [-0.2, -0.15) is 0 Å². The molecule has 4 nitrogen and oxygen atoms in total. The van der Waals surface area contributed by atoms with E-state index in [1.807, 2.05) is 54.6 Å². The Kier molecular flexibility index (Phi) is 5.41. The second kappa shape index (κ2) is 7.53. The van der Waals surface area contributed by atoms with Crippen LogP contribution >= 0.6 is 0 Å². The molecule has 3 N–H and O–H groups in total. The maximum atomic E-state index is 9.25. The van der Waals surface area contributed by atoms with Gasteiger partial charge in [0.1, 0.15) is 12.4 Å². The Morgan fingerprint density at radius 2 is 1.70 bits per heavy atom. The first kappa shape index (κ1) is 14.4. The molecule has 20 heavy (non-hydrogen) atoms. The van der Waals surface area contributed by atoms with Gasteiger partial charge in [-0.05, 0) is 29.8 Å². The maximum absolute atomic E-state index is 9.25. The van der Waals surface area contributed by atoms with E-state index in [1.54, 1.807) is 0 Å². The zero-order chi connectivity index (χ0) is 14.2. The van der Waals surface area contributed by atoms with Gasteiger partial charge in [-0.1, -0.05) is 30.3 Å². The van der Waals surface area contributed by atoms with Crippen molar-refractivity contribution in [3.05, 3.63) is 60.2 Å². The van der Waals surface area contributed by atoms with Crippen LogP contribution < -0.4 is 10.1 Å². The van der Waals surface area contributed by atoms with Crippen LogP contribution in [0, 0.1) is 0 Å². The number of anilines is 1. The Morgan fingerprint density at radius 3 is 2.35 bits per heavy atom. The minimum atomic E-state index is -0.746. The molecule has 0 aliphatic rings. The molecule has 0 unspecified atom stereocenters. The van der Waals surface area contributed by atoms with Crippen LogP contribution in [0.5, 0.6) is 5.75 Å². The smallest absolute Gasteiger partial charge is 0.119 e. The Labute approximate surface area is 118 Å². The van der Waals surface area contributed by atoms with Crippen LogP contribution in [-0.2, 0) is 6.61 Å². The summed E-state index contributed by atoms with van der Waals surface area (Å²) in [6.07, 6.45) is -0.746. The Balaban J connectivity index is 1.82. The summed E-state index contributed by atoms with van der Waals surface area (Å²) in [6.45, 7) is 0.614. The van der Waals surface area contributed by atoms with E-state index >= 15 is 0 Å². The van der Waals surface area contributed by atoms with Crippen molar-refractivity contribution in [3.63, 3.8) is 0 Å². The number of hydrogen-bond acceptors (Lipinski definition) is 4. The zero-order valence-electron chi connectivity index (χ0n) is 11.2. The lowest BCUT2D eigenvalue weighted by molar-refractivity contribution is 0.105. The summed E-state index contributed by atoms with van der Waals surface area (Å²) < 4.78 is 5.68. The number of rotatable bonds is 7. The highest BCUT2D eigenvalue weighted by Gasteiger charge is 2.01. The van der Waals surface area contributed by atoms with Gasteiger partial charge in [0.25, 0.3) is 0 Å². The summed E-state index contributed by atoms with van der Waals surface area (Å²) in [6, 6.07) is 17.5. The molecular weight excluding hydrogens is 254 g/mol. The largest absolute Gasteiger partial charge is 0.489 e. The minimum Gasteiger partial charge on any atom is -0.489 e. The van der Waals surface area contributed by atoms with Gasteiger partial charge in [-0.3, -0.25) is 0 Å². The van der Waals surface area contributed by atoms with Crippen LogP contribution in [0.3, 0.4) is 0 Å². The van der Waals surface area contributed by atoms with Crippen LogP contribution in [-0.4, -0.2) is 29.5 Å². The van der Waals surface area contributed by atoms with E-state index in [0.717, 1.165) is 17.0 Å². The first-order valence-corrected chi connectivity index (χ1v) is 6.57. The van der Waals surface area contributed by atoms with Crippen LogP contribution in [0.15, 0.2) is 54.6 Å². The van der Waals surface area contributed by atoms with Gasteiger partial charge in [0.15, 0.2) is 0 Å². The molecule has 106 valence electrons. The van der Waals surface area contributed by atoms with Crippen molar-refractivity contribution in [3.8, 4) is 5.75 Å². The number of aliphatic hydroxyl groups excluding tert-OH is 2. The van der Waals surface area contributed by atoms with E-state index < -0.39 is 6.10 Å². The molecule has 2 rings (SSSR count). The average Bonchev–Trinajstić information content (AvgIpc) is 2.52. The molecule has 0 aromatic heterocycles. The minimum absolute atomic E-state index is 0.245. The highest BCUT2D eigenvalue weighted by molar-refractivity contribution is 5.46. The molecule has 0 heterocycles. The van der Waals surface area contributed by atoms with Crippen molar-refractivity contribution in [2.24, 2.45) is 0 Å². The molecule has 2 aromatic carbocycles. The fourth-order valence-electron chi connectivity index (χ4n) is 1.71. The molecule has 0 fully saturated rings. The molecule has 0 bridgehead atoms. The molecule has 0 spiro atoms. The average molecular weight is 273 g/mol. The Hall–Kier alpha value is -2.04. The van der Waals surface area contributed by atoms with Crippen molar-refractivity contribution in [2.45, 2.75) is 12.7 Å². The third kappa shape index (κ3) is 4.57. The van der Waals surface area contributed by atoms with Crippen molar-refractivity contribution in [2.75, 3.05) is 18.5 Å². The molecule has 1 atom stereocenters. The second-order valence-electron chi connectivity index (χ2n) is 4.52. The zero-order valence-corrected chi connectivity index (χ0v) is 11.2. The number of nitrogens with one attached hydrogen (secondary N) is 1. The van der Waals surface area contributed by atoms with E-state index in [0.29, 0.717) is 13.2 Å². The van der Waals surface area contributed by atoms with Crippen LogP contribution in [0.25, 0.3) is 0 Å². The molecule has 0 amide bonds. The number of aliphatic hydroxyl groups is 2. The van der Waals surface area contributed by atoms with Gasteiger partial charge in [0, 0.05) is 12.2 Å². The fourth-order valence-corrected chi connectivity index (χ4v) is 1.71. The molecule has 0 aliphatic heterocycles. The van der Waals surface area contributed by atoms with E-state index in [-0.39, 0.29) is 6.61 Å². The van der Waals surface area contributed by atoms with E-state index in [1.165, 1.54) is 0 Å². The summed E-state index contributed by atoms with van der Waals surface area (Å²) in [5.41, 5.74) is 2.00. The molecular formula is C16H19NO3. The Bertz CT molecular complexity index is 499. The maximum Gasteiger partial charge on any atom is 0.119 e. The lowest BCUT2D eigenvalue weighted by Crippen LogP contribution is -2.22. The summed E-state index contributed by atoms with van der Waals surface area (Å²) in [5, 5.41) is 21.0.